The quantitative estimate of drug-likeness (QED) is 0.762. The van der Waals surface area contributed by atoms with Crippen molar-refractivity contribution >= 4 is 11.9 Å². The zero-order valence-corrected chi connectivity index (χ0v) is 15.5. The van der Waals surface area contributed by atoms with Gasteiger partial charge in [-0.25, -0.2) is 4.79 Å². The van der Waals surface area contributed by atoms with Crippen LogP contribution in [0, 0.1) is 13.8 Å². The van der Waals surface area contributed by atoms with Crippen LogP contribution in [0.2, 0.25) is 0 Å². The van der Waals surface area contributed by atoms with Crippen molar-refractivity contribution < 1.29 is 19.4 Å². The molecule has 0 fully saturated rings. The number of amides is 1. The summed E-state index contributed by atoms with van der Waals surface area (Å²) in [6.45, 7) is 4.60. The maximum absolute atomic E-state index is 12.1. The van der Waals surface area contributed by atoms with E-state index in [-0.39, 0.29) is 11.5 Å². The van der Waals surface area contributed by atoms with Crippen LogP contribution in [-0.4, -0.2) is 30.6 Å². The zero-order valence-electron chi connectivity index (χ0n) is 15.5. The Labute approximate surface area is 154 Å². The Morgan fingerprint density at radius 1 is 1.04 bits per heavy atom. The standard InChI is InChI=1S/C21H25NO4/c1-14-4-5-16(15(2)12-14)8-9-20(23)22-11-10-17-6-7-18(21(24)25)13-19(17)26-3/h4-7,12-13H,8-11H2,1-3H3,(H,22,23)(H,24,25). The Morgan fingerprint density at radius 2 is 1.77 bits per heavy atom. The smallest absolute Gasteiger partial charge is 0.335 e. The van der Waals surface area contributed by atoms with E-state index < -0.39 is 5.97 Å². The van der Waals surface area contributed by atoms with E-state index in [9.17, 15) is 9.59 Å². The minimum absolute atomic E-state index is 0.00565. The van der Waals surface area contributed by atoms with Crippen LogP contribution in [0.5, 0.6) is 5.75 Å². The molecule has 0 atom stereocenters. The van der Waals surface area contributed by atoms with Gasteiger partial charge < -0.3 is 15.2 Å². The number of benzene rings is 2. The fourth-order valence-corrected chi connectivity index (χ4v) is 2.88. The number of methoxy groups -OCH3 is 1. The molecule has 2 N–H and O–H groups in total. The highest BCUT2D eigenvalue weighted by Gasteiger charge is 2.10. The minimum atomic E-state index is -0.991. The summed E-state index contributed by atoms with van der Waals surface area (Å²) in [6, 6.07) is 11.0. The van der Waals surface area contributed by atoms with Crippen LogP contribution in [0.15, 0.2) is 36.4 Å². The zero-order chi connectivity index (χ0) is 19.1. The monoisotopic (exact) mass is 355 g/mol. The summed E-state index contributed by atoms with van der Waals surface area (Å²) in [5, 5.41) is 11.9. The Balaban J connectivity index is 1.83. The molecule has 2 aromatic carbocycles. The van der Waals surface area contributed by atoms with Gasteiger partial charge in [-0.2, -0.15) is 0 Å². The number of ether oxygens (including phenoxy) is 1. The van der Waals surface area contributed by atoms with E-state index in [1.165, 1.54) is 29.9 Å². The lowest BCUT2D eigenvalue weighted by molar-refractivity contribution is -0.121. The highest BCUT2D eigenvalue weighted by Crippen LogP contribution is 2.20. The lowest BCUT2D eigenvalue weighted by atomic mass is 10.0. The highest BCUT2D eigenvalue weighted by atomic mass is 16.5. The molecule has 5 nitrogen and oxygen atoms in total. The van der Waals surface area contributed by atoms with Crippen LogP contribution >= 0.6 is 0 Å². The van der Waals surface area contributed by atoms with Crippen molar-refractivity contribution in [2.45, 2.75) is 33.1 Å². The molecule has 2 aromatic rings. The molecule has 0 aliphatic rings. The molecule has 0 saturated carbocycles. The van der Waals surface area contributed by atoms with E-state index in [1.54, 1.807) is 12.1 Å². The summed E-state index contributed by atoms with van der Waals surface area (Å²) >= 11 is 0. The largest absolute Gasteiger partial charge is 0.496 e. The maximum atomic E-state index is 12.1. The summed E-state index contributed by atoms with van der Waals surface area (Å²) in [5.74, 6) is -0.463. The van der Waals surface area contributed by atoms with E-state index in [0.717, 1.165) is 5.56 Å². The third-order valence-corrected chi connectivity index (χ3v) is 4.37. The van der Waals surface area contributed by atoms with E-state index in [4.69, 9.17) is 9.84 Å². The first-order valence-corrected chi connectivity index (χ1v) is 8.63. The summed E-state index contributed by atoms with van der Waals surface area (Å²) in [4.78, 5) is 23.1. The van der Waals surface area contributed by atoms with Gasteiger partial charge in [0.1, 0.15) is 5.75 Å². The summed E-state index contributed by atoms with van der Waals surface area (Å²) in [7, 11) is 1.51. The molecule has 26 heavy (non-hydrogen) atoms. The Bertz CT molecular complexity index is 799. The number of aryl methyl sites for hydroxylation is 3. The summed E-state index contributed by atoms with van der Waals surface area (Å²) < 4.78 is 5.25. The molecule has 0 saturated heterocycles. The molecule has 0 aromatic heterocycles. The number of carboxylic acid groups (broad SMARTS) is 1. The van der Waals surface area contributed by atoms with Gasteiger partial charge in [-0.3, -0.25) is 4.79 Å². The van der Waals surface area contributed by atoms with Gasteiger partial charge in [-0.15, -0.1) is 0 Å². The van der Waals surface area contributed by atoms with Crippen LogP contribution in [0.1, 0.15) is 39.0 Å². The van der Waals surface area contributed by atoms with E-state index in [1.807, 2.05) is 0 Å². The molecule has 138 valence electrons. The lowest BCUT2D eigenvalue weighted by Gasteiger charge is -2.11. The third kappa shape index (κ3) is 5.34. The summed E-state index contributed by atoms with van der Waals surface area (Å²) in [5.41, 5.74) is 4.67. The highest BCUT2D eigenvalue weighted by molar-refractivity contribution is 5.88. The number of rotatable bonds is 8. The molecule has 0 radical (unpaired) electrons. The van der Waals surface area contributed by atoms with Crippen LogP contribution in [0.25, 0.3) is 0 Å². The lowest BCUT2D eigenvalue weighted by Crippen LogP contribution is -2.26. The minimum Gasteiger partial charge on any atom is -0.496 e. The molecular weight excluding hydrogens is 330 g/mol. The average Bonchev–Trinajstić information content (AvgIpc) is 2.61. The Hall–Kier alpha value is -2.82. The third-order valence-electron chi connectivity index (χ3n) is 4.37. The van der Waals surface area contributed by atoms with Crippen molar-refractivity contribution in [3.8, 4) is 5.75 Å². The number of carbonyl (C=O) groups excluding carboxylic acids is 1. The first-order valence-electron chi connectivity index (χ1n) is 8.63. The second-order valence-corrected chi connectivity index (χ2v) is 6.36. The van der Waals surface area contributed by atoms with Crippen LogP contribution in [0.3, 0.4) is 0 Å². The fourth-order valence-electron chi connectivity index (χ4n) is 2.88. The predicted octanol–water partition coefficient (Wildman–Crippen LogP) is 3.30. The molecule has 0 aliphatic heterocycles. The van der Waals surface area contributed by atoms with Crippen molar-refractivity contribution in [1.29, 1.82) is 0 Å². The molecule has 0 unspecified atom stereocenters. The molecule has 2 rings (SSSR count). The number of nitrogens with one attached hydrogen (secondary N) is 1. The van der Waals surface area contributed by atoms with Gasteiger partial charge in [0.05, 0.1) is 12.7 Å². The average molecular weight is 355 g/mol. The molecule has 1 amide bonds. The van der Waals surface area contributed by atoms with Crippen molar-refractivity contribution in [2.75, 3.05) is 13.7 Å². The van der Waals surface area contributed by atoms with Crippen LogP contribution in [-0.2, 0) is 17.6 Å². The van der Waals surface area contributed by atoms with Crippen molar-refractivity contribution in [2.24, 2.45) is 0 Å². The van der Waals surface area contributed by atoms with E-state index in [0.29, 0.717) is 31.6 Å². The number of carboxylic acids is 1. The van der Waals surface area contributed by atoms with Gasteiger partial charge in [0.15, 0.2) is 0 Å². The number of aromatic carboxylic acids is 1. The number of hydrogen-bond donors (Lipinski definition) is 2. The second-order valence-electron chi connectivity index (χ2n) is 6.36. The SMILES string of the molecule is COc1cc(C(=O)O)ccc1CCNC(=O)CCc1ccc(C)cc1C. The van der Waals surface area contributed by atoms with E-state index in [2.05, 4.69) is 37.4 Å². The van der Waals surface area contributed by atoms with Crippen LogP contribution < -0.4 is 10.1 Å². The molecule has 5 heteroatoms. The number of hydrogen-bond acceptors (Lipinski definition) is 3. The molecule has 0 heterocycles. The molecule has 0 spiro atoms. The van der Waals surface area contributed by atoms with E-state index >= 15 is 0 Å². The number of carbonyl (C=O) groups is 2. The normalized spacial score (nSPS) is 10.4. The van der Waals surface area contributed by atoms with Gasteiger partial charge >= 0.3 is 5.97 Å². The maximum Gasteiger partial charge on any atom is 0.335 e. The van der Waals surface area contributed by atoms with Crippen molar-refractivity contribution in [1.82, 2.24) is 5.32 Å². The first-order chi connectivity index (χ1) is 12.4. The molecule has 0 bridgehead atoms. The first kappa shape index (κ1) is 19.5. The van der Waals surface area contributed by atoms with Gasteiger partial charge in [0, 0.05) is 13.0 Å². The van der Waals surface area contributed by atoms with Crippen molar-refractivity contribution in [3.63, 3.8) is 0 Å². The second kappa shape index (κ2) is 9.04. The fraction of sp³-hybridized carbons (Fsp3) is 0.333. The van der Waals surface area contributed by atoms with Gasteiger partial charge in [0.25, 0.3) is 0 Å². The predicted molar refractivity (Wildman–Crippen MR) is 101 cm³/mol. The Morgan fingerprint density at radius 3 is 2.42 bits per heavy atom. The van der Waals surface area contributed by atoms with Gasteiger partial charge in [-0.05, 0) is 55.5 Å². The topological polar surface area (TPSA) is 75.6 Å². The van der Waals surface area contributed by atoms with Crippen LogP contribution in [0.4, 0.5) is 0 Å². The molecular formula is C21H25NO4. The van der Waals surface area contributed by atoms with Crippen molar-refractivity contribution in [3.05, 3.63) is 64.2 Å². The van der Waals surface area contributed by atoms with Gasteiger partial charge in [-0.1, -0.05) is 29.8 Å². The summed E-state index contributed by atoms with van der Waals surface area (Å²) in [6.07, 6.45) is 1.74. The Kier molecular flexibility index (Phi) is 6.78. The molecule has 0 aliphatic carbocycles. The van der Waals surface area contributed by atoms with Gasteiger partial charge in [0.2, 0.25) is 5.91 Å².